The van der Waals surface area contributed by atoms with E-state index in [4.69, 9.17) is 16.3 Å². The highest BCUT2D eigenvalue weighted by Crippen LogP contribution is 2.31. The van der Waals surface area contributed by atoms with Crippen molar-refractivity contribution in [3.05, 3.63) is 41.4 Å². The summed E-state index contributed by atoms with van der Waals surface area (Å²) in [5.74, 6) is 0.717. The molecule has 0 unspecified atom stereocenters. The van der Waals surface area contributed by atoms with Crippen LogP contribution in [0.2, 0.25) is 5.02 Å². The van der Waals surface area contributed by atoms with Gasteiger partial charge in [-0.3, -0.25) is 4.79 Å². The molecule has 1 aliphatic heterocycles. The Balaban J connectivity index is 1.73. The molecule has 0 spiro atoms. The summed E-state index contributed by atoms with van der Waals surface area (Å²) in [7, 11) is 0. The quantitative estimate of drug-likeness (QED) is 0.946. The monoisotopic (exact) mass is 304 g/mol. The van der Waals surface area contributed by atoms with Crippen molar-refractivity contribution in [3.63, 3.8) is 0 Å². The van der Waals surface area contributed by atoms with E-state index in [2.05, 4.69) is 5.32 Å². The zero-order valence-electron chi connectivity index (χ0n) is 11.6. The van der Waals surface area contributed by atoms with Gasteiger partial charge in [-0.05, 0) is 12.1 Å². The van der Waals surface area contributed by atoms with Crippen LogP contribution in [0.25, 0.3) is 10.8 Å². The summed E-state index contributed by atoms with van der Waals surface area (Å²) >= 11 is 6.18. The maximum Gasteiger partial charge on any atom is 0.260 e. The van der Waals surface area contributed by atoms with Gasteiger partial charge in [0.1, 0.15) is 5.75 Å². The smallest absolute Gasteiger partial charge is 0.260 e. The second-order valence-corrected chi connectivity index (χ2v) is 5.42. The average molecular weight is 305 g/mol. The Morgan fingerprint density at radius 2 is 1.86 bits per heavy atom. The molecule has 4 nitrogen and oxygen atoms in total. The van der Waals surface area contributed by atoms with E-state index in [1.165, 1.54) is 0 Å². The van der Waals surface area contributed by atoms with Crippen molar-refractivity contribution in [3.8, 4) is 5.75 Å². The molecule has 0 bridgehead atoms. The van der Waals surface area contributed by atoms with Crippen LogP contribution < -0.4 is 10.1 Å². The van der Waals surface area contributed by atoms with Gasteiger partial charge in [0.2, 0.25) is 0 Å². The molecule has 0 saturated carbocycles. The van der Waals surface area contributed by atoms with Crippen LogP contribution >= 0.6 is 11.6 Å². The standard InChI is InChI=1S/C16H17ClN2O2/c17-14-5-6-15(13-4-2-1-3-12(13)14)21-11-16(20)19-9-7-18-8-10-19/h1-6,18H,7-11H2. The lowest BCUT2D eigenvalue weighted by molar-refractivity contribution is -0.133. The number of benzene rings is 2. The van der Waals surface area contributed by atoms with E-state index in [-0.39, 0.29) is 12.5 Å². The third kappa shape index (κ3) is 3.12. The Bertz CT molecular complexity index is 654. The van der Waals surface area contributed by atoms with E-state index in [0.29, 0.717) is 10.8 Å². The van der Waals surface area contributed by atoms with Crippen LogP contribution in [0.15, 0.2) is 36.4 Å². The summed E-state index contributed by atoms with van der Waals surface area (Å²) in [5, 5.41) is 5.78. The molecule has 5 heteroatoms. The van der Waals surface area contributed by atoms with Gasteiger partial charge in [0.25, 0.3) is 5.91 Å². The van der Waals surface area contributed by atoms with Crippen molar-refractivity contribution in [2.45, 2.75) is 0 Å². The molecule has 1 N–H and O–H groups in total. The summed E-state index contributed by atoms with van der Waals surface area (Å²) < 4.78 is 5.72. The first-order valence-electron chi connectivity index (χ1n) is 7.04. The minimum absolute atomic E-state index is 0.0236. The molecule has 0 aromatic heterocycles. The number of ether oxygens (including phenoxy) is 1. The van der Waals surface area contributed by atoms with Crippen molar-refractivity contribution in [2.24, 2.45) is 0 Å². The van der Waals surface area contributed by atoms with Gasteiger partial charge >= 0.3 is 0 Å². The second kappa shape index (κ2) is 6.33. The summed E-state index contributed by atoms with van der Waals surface area (Å²) in [5.41, 5.74) is 0. The van der Waals surface area contributed by atoms with Crippen LogP contribution in [-0.2, 0) is 4.79 Å². The number of fused-ring (bicyclic) bond motifs is 1. The normalized spacial score (nSPS) is 15.2. The first-order chi connectivity index (χ1) is 10.3. The van der Waals surface area contributed by atoms with Crippen molar-refractivity contribution >= 4 is 28.3 Å². The molecule has 1 amide bonds. The maximum absolute atomic E-state index is 12.1. The van der Waals surface area contributed by atoms with Gasteiger partial charge in [0, 0.05) is 42.0 Å². The highest BCUT2D eigenvalue weighted by molar-refractivity contribution is 6.35. The fourth-order valence-corrected chi connectivity index (χ4v) is 2.73. The Morgan fingerprint density at radius 3 is 2.62 bits per heavy atom. The fourth-order valence-electron chi connectivity index (χ4n) is 2.51. The van der Waals surface area contributed by atoms with Gasteiger partial charge in [-0.1, -0.05) is 35.9 Å². The van der Waals surface area contributed by atoms with Crippen molar-refractivity contribution < 1.29 is 9.53 Å². The lowest BCUT2D eigenvalue weighted by Crippen LogP contribution is -2.47. The van der Waals surface area contributed by atoms with E-state index in [0.717, 1.165) is 37.0 Å². The predicted molar refractivity (Wildman–Crippen MR) is 83.9 cm³/mol. The first-order valence-corrected chi connectivity index (χ1v) is 7.42. The molecule has 21 heavy (non-hydrogen) atoms. The van der Waals surface area contributed by atoms with Crippen LogP contribution in [0, 0.1) is 0 Å². The topological polar surface area (TPSA) is 41.6 Å². The Morgan fingerprint density at radius 1 is 1.14 bits per heavy atom. The molecule has 0 radical (unpaired) electrons. The molecule has 2 aromatic rings. The highest BCUT2D eigenvalue weighted by Gasteiger charge is 2.17. The number of halogens is 1. The van der Waals surface area contributed by atoms with E-state index < -0.39 is 0 Å². The van der Waals surface area contributed by atoms with E-state index in [1.54, 1.807) is 6.07 Å². The van der Waals surface area contributed by atoms with Crippen LogP contribution in [0.3, 0.4) is 0 Å². The van der Waals surface area contributed by atoms with Crippen LogP contribution in [0.5, 0.6) is 5.75 Å². The Hall–Kier alpha value is -1.78. The number of piperazine rings is 1. The zero-order valence-corrected chi connectivity index (χ0v) is 12.4. The Kier molecular flexibility index (Phi) is 4.27. The van der Waals surface area contributed by atoms with Crippen molar-refractivity contribution in [2.75, 3.05) is 32.8 Å². The molecular weight excluding hydrogens is 288 g/mol. The molecule has 110 valence electrons. The number of nitrogens with one attached hydrogen (secondary N) is 1. The number of carbonyl (C=O) groups excluding carboxylic acids is 1. The maximum atomic E-state index is 12.1. The Labute approximate surface area is 128 Å². The number of hydrogen-bond donors (Lipinski definition) is 1. The van der Waals surface area contributed by atoms with Gasteiger partial charge in [0.05, 0.1) is 0 Å². The highest BCUT2D eigenvalue weighted by atomic mass is 35.5. The first kappa shape index (κ1) is 14.2. The molecular formula is C16H17ClN2O2. The minimum Gasteiger partial charge on any atom is -0.483 e. The second-order valence-electron chi connectivity index (χ2n) is 5.01. The molecule has 1 heterocycles. The van der Waals surface area contributed by atoms with Gasteiger partial charge < -0.3 is 15.0 Å². The minimum atomic E-state index is 0.0236. The van der Waals surface area contributed by atoms with Crippen LogP contribution in [0.1, 0.15) is 0 Å². The fraction of sp³-hybridized carbons (Fsp3) is 0.312. The number of amides is 1. The van der Waals surface area contributed by atoms with E-state index in [9.17, 15) is 4.79 Å². The molecule has 0 aliphatic carbocycles. The molecule has 1 saturated heterocycles. The average Bonchev–Trinajstić information content (AvgIpc) is 2.55. The van der Waals surface area contributed by atoms with Crippen molar-refractivity contribution in [1.29, 1.82) is 0 Å². The summed E-state index contributed by atoms with van der Waals surface area (Å²) in [4.78, 5) is 13.9. The van der Waals surface area contributed by atoms with Gasteiger partial charge in [0.15, 0.2) is 6.61 Å². The lowest BCUT2D eigenvalue weighted by Gasteiger charge is -2.27. The van der Waals surface area contributed by atoms with E-state index >= 15 is 0 Å². The number of rotatable bonds is 3. The third-order valence-corrected chi connectivity index (χ3v) is 3.98. The molecule has 3 rings (SSSR count). The summed E-state index contributed by atoms with van der Waals surface area (Å²) in [6.45, 7) is 3.23. The van der Waals surface area contributed by atoms with Crippen LogP contribution in [0.4, 0.5) is 0 Å². The summed E-state index contributed by atoms with van der Waals surface area (Å²) in [6.07, 6.45) is 0. The molecule has 2 aromatic carbocycles. The van der Waals surface area contributed by atoms with Gasteiger partial charge in [-0.15, -0.1) is 0 Å². The molecule has 1 fully saturated rings. The number of carbonyl (C=O) groups is 1. The summed E-state index contributed by atoms with van der Waals surface area (Å²) in [6, 6.07) is 11.4. The molecule has 1 aliphatic rings. The zero-order chi connectivity index (χ0) is 14.7. The largest absolute Gasteiger partial charge is 0.483 e. The van der Waals surface area contributed by atoms with Crippen molar-refractivity contribution in [1.82, 2.24) is 10.2 Å². The van der Waals surface area contributed by atoms with Gasteiger partial charge in [-0.25, -0.2) is 0 Å². The number of hydrogen-bond acceptors (Lipinski definition) is 3. The lowest BCUT2D eigenvalue weighted by atomic mass is 10.1. The third-order valence-electron chi connectivity index (χ3n) is 3.65. The number of nitrogens with zero attached hydrogens (tertiary/aromatic N) is 1. The van der Waals surface area contributed by atoms with Gasteiger partial charge in [-0.2, -0.15) is 0 Å². The van der Waals surface area contributed by atoms with Crippen LogP contribution in [-0.4, -0.2) is 43.6 Å². The molecule has 0 atom stereocenters. The van der Waals surface area contributed by atoms with E-state index in [1.807, 2.05) is 35.2 Å². The SMILES string of the molecule is O=C(COc1ccc(Cl)c2ccccc12)N1CCNCC1. The predicted octanol–water partition coefficient (Wildman–Crippen LogP) is 2.30.